The average molecular weight is 729 g/mol. The summed E-state index contributed by atoms with van der Waals surface area (Å²) < 4.78 is 46.0. The van der Waals surface area contributed by atoms with Crippen LogP contribution in [0.3, 0.4) is 0 Å². The van der Waals surface area contributed by atoms with Crippen molar-refractivity contribution in [2.45, 2.75) is 11.8 Å². The number of aryl methyl sites for hydroxylation is 1. The molecule has 0 saturated heterocycles. The highest BCUT2D eigenvalue weighted by atomic mass is 32.2. The molecule has 262 valence electrons. The number of nitrogens with zero attached hydrogens (tertiary/aromatic N) is 2. The maximum Gasteiger partial charge on any atom is 0.223 e. The van der Waals surface area contributed by atoms with Crippen LogP contribution in [0, 0.1) is 6.92 Å². The van der Waals surface area contributed by atoms with Gasteiger partial charge in [0.05, 0.1) is 23.1 Å². The molecular weight excluding hydrogens is 693 g/mol. The fourth-order valence-electron chi connectivity index (χ4n) is 4.22. The summed E-state index contributed by atoms with van der Waals surface area (Å²) in [4.78, 5) is 9.23. The number of thiophene rings is 1. The van der Waals surface area contributed by atoms with Gasteiger partial charge in [-0.15, -0.1) is 11.3 Å². The number of aliphatic imine (C=N–C) groups is 2. The summed E-state index contributed by atoms with van der Waals surface area (Å²) in [5.74, 6) is 3.58. The van der Waals surface area contributed by atoms with Crippen LogP contribution in [0.2, 0.25) is 0 Å². The van der Waals surface area contributed by atoms with Crippen molar-refractivity contribution in [1.82, 2.24) is 0 Å². The molecule has 6 aromatic rings. The number of hydrogen-bond acceptors (Lipinski definition) is 9. The van der Waals surface area contributed by atoms with Crippen LogP contribution in [0.1, 0.15) is 5.56 Å². The Kier molecular flexibility index (Phi) is 13.7. The van der Waals surface area contributed by atoms with E-state index in [9.17, 15) is 8.42 Å². The van der Waals surface area contributed by atoms with E-state index in [4.69, 9.17) is 18.9 Å². The van der Waals surface area contributed by atoms with Crippen LogP contribution in [0.5, 0.6) is 23.0 Å². The zero-order chi connectivity index (χ0) is 36.4. The molecular formula is C42H36N2O6S2. The molecule has 0 aliphatic heterocycles. The normalized spacial score (nSPS) is 11.9. The SMILES string of the molecule is CS(=O)(=O)c1ccc(N=C(C=COc2ccccc2)Oc2ccccc2)cc1.Cc1csc(N=C(C=COc2ccccc2)Oc2ccccc2)c1. The topological polar surface area (TPSA) is 95.8 Å². The molecule has 1 aromatic heterocycles. The van der Waals surface area contributed by atoms with Crippen molar-refractivity contribution in [2.75, 3.05) is 6.26 Å². The Hall–Kier alpha value is -6.23. The molecule has 52 heavy (non-hydrogen) atoms. The molecule has 0 aliphatic rings. The van der Waals surface area contributed by atoms with E-state index in [1.54, 1.807) is 41.9 Å². The van der Waals surface area contributed by atoms with Gasteiger partial charge in [-0.3, -0.25) is 0 Å². The number of sulfone groups is 1. The zero-order valence-electron chi connectivity index (χ0n) is 28.5. The number of rotatable bonds is 11. The van der Waals surface area contributed by atoms with Crippen molar-refractivity contribution in [1.29, 1.82) is 0 Å². The molecule has 0 saturated carbocycles. The molecule has 0 unspecified atom stereocenters. The van der Waals surface area contributed by atoms with Gasteiger partial charge in [0.1, 0.15) is 28.0 Å². The van der Waals surface area contributed by atoms with E-state index >= 15 is 0 Å². The Morgan fingerprint density at radius 2 is 1.00 bits per heavy atom. The number of ether oxygens (including phenoxy) is 4. The number of para-hydroxylation sites is 4. The Bertz CT molecular complexity index is 2200. The minimum atomic E-state index is -3.26. The molecule has 0 radical (unpaired) electrons. The molecule has 0 bridgehead atoms. The van der Waals surface area contributed by atoms with Crippen molar-refractivity contribution < 1.29 is 27.4 Å². The van der Waals surface area contributed by atoms with Crippen LogP contribution in [0.15, 0.2) is 197 Å². The van der Waals surface area contributed by atoms with Crippen molar-refractivity contribution >= 4 is 43.7 Å². The van der Waals surface area contributed by atoms with E-state index in [0.717, 1.165) is 16.5 Å². The predicted molar refractivity (Wildman–Crippen MR) is 209 cm³/mol. The van der Waals surface area contributed by atoms with Gasteiger partial charge >= 0.3 is 0 Å². The molecule has 0 atom stereocenters. The summed E-state index contributed by atoms with van der Waals surface area (Å²) in [6, 6.07) is 46.0. The fourth-order valence-corrected chi connectivity index (χ4v) is 5.63. The van der Waals surface area contributed by atoms with Gasteiger partial charge in [-0.2, -0.15) is 0 Å². The van der Waals surface area contributed by atoms with Crippen molar-refractivity contribution in [3.05, 3.63) is 187 Å². The highest BCUT2D eigenvalue weighted by molar-refractivity contribution is 7.90. The Morgan fingerprint density at radius 1 is 0.577 bits per heavy atom. The lowest BCUT2D eigenvalue weighted by molar-refractivity contribution is 0.478. The first-order chi connectivity index (χ1) is 25.3. The first-order valence-electron chi connectivity index (χ1n) is 16.1. The second-order valence-electron chi connectivity index (χ2n) is 10.9. The maximum absolute atomic E-state index is 11.6. The minimum Gasteiger partial charge on any atom is -0.465 e. The van der Waals surface area contributed by atoms with Gasteiger partial charge in [0.2, 0.25) is 11.8 Å². The Morgan fingerprint density at radius 3 is 1.40 bits per heavy atom. The molecule has 0 aliphatic carbocycles. The van der Waals surface area contributed by atoms with Crippen LogP contribution >= 0.6 is 11.3 Å². The van der Waals surface area contributed by atoms with Gasteiger partial charge in [-0.1, -0.05) is 72.8 Å². The second-order valence-corrected chi connectivity index (χ2v) is 13.8. The summed E-state index contributed by atoms with van der Waals surface area (Å²) in [5.41, 5.74) is 1.74. The van der Waals surface area contributed by atoms with Crippen LogP contribution in [0.4, 0.5) is 10.7 Å². The number of hydrogen-bond donors (Lipinski definition) is 0. The van der Waals surface area contributed by atoms with Gasteiger partial charge in [0, 0.05) is 18.4 Å². The monoisotopic (exact) mass is 728 g/mol. The molecule has 8 nitrogen and oxygen atoms in total. The standard InChI is InChI=1S/C22H19NO4S.C20H17NO2S/c1-28(24,25)21-14-12-18(13-15-21)23-22(27-20-10-6-3-7-11-20)16-17-26-19-8-4-2-5-9-19;1-16-14-20(24-15-16)21-19(23-18-10-6-3-7-11-18)12-13-22-17-8-4-2-5-9-17/h2-17H,1H3;2-15H,1H3. The van der Waals surface area contributed by atoms with Crippen molar-refractivity contribution in [3.8, 4) is 23.0 Å². The third kappa shape index (κ3) is 12.9. The van der Waals surface area contributed by atoms with Crippen LogP contribution in [-0.4, -0.2) is 26.5 Å². The quantitative estimate of drug-likeness (QED) is 0.0749. The Labute approximate surface area is 308 Å². The van der Waals surface area contributed by atoms with Gasteiger partial charge in [-0.25, -0.2) is 18.4 Å². The van der Waals surface area contributed by atoms with Crippen LogP contribution in [-0.2, 0) is 9.84 Å². The summed E-state index contributed by atoms with van der Waals surface area (Å²) in [6.07, 6.45) is 7.55. The van der Waals surface area contributed by atoms with E-state index < -0.39 is 9.84 Å². The summed E-state index contributed by atoms with van der Waals surface area (Å²) in [6.45, 7) is 2.04. The average Bonchev–Trinajstić information content (AvgIpc) is 3.57. The van der Waals surface area contributed by atoms with Crippen molar-refractivity contribution in [2.24, 2.45) is 9.98 Å². The van der Waals surface area contributed by atoms with Crippen LogP contribution in [0.25, 0.3) is 0 Å². The fraction of sp³-hybridized carbons (Fsp3) is 0.0476. The molecule has 0 amide bonds. The third-order valence-electron chi connectivity index (χ3n) is 6.69. The molecule has 0 fully saturated rings. The number of benzene rings is 5. The highest BCUT2D eigenvalue weighted by Gasteiger charge is 2.07. The molecule has 1 heterocycles. The summed E-state index contributed by atoms with van der Waals surface area (Å²) in [7, 11) is -3.26. The van der Waals surface area contributed by atoms with E-state index in [1.807, 2.05) is 134 Å². The van der Waals surface area contributed by atoms with Gasteiger partial charge in [0.15, 0.2) is 9.84 Å². The third-order valence-corrected chi connectivity index (χ3v) is 8.76. The highest BCUT2D eigenvalue weighted by Crippen LogP contribution is 2.24. The van der Waals surface area contributed by atoms with E-state index in [2.05, 4.69) is 15.4 Å². The molecule has 0 spiro atoms. The first kappa shape index (κ1) is 37.0. The van der Waals surface area contributed by atoms with Crippen LogP contribution < -0.4 is 18.9 Å². The lowest BCUT2D eigenvalue weighted by Crippen LogP contribution is -2.05. The smallest absolute Gasteiger partial charge is 0.223 e. The second kappa shape index (κ2) is 19.2. The zero-order valence-corrected chi connectivity index (χ0v) is 30.1. The van der Waals surface area contributed by atoms with E-state index in [0.29, 0.717) is 29.0 Å². The predicted octanol–water partition coefficient (Wildman–Crippen LogP) is 10.6. The van der Waals surface area contributed by atoms with Gasteiger partial charge in [-0.05, 0) is 96.7 Å². The van der Waals surface area contributed by atoms with Gasteiger partial charge < -0.3 is 18.9 Å². The molecule has 0 N–H and O–H groups in total. The van der Waals surface area contributed by atoms with Gasteiger partial charge in [0.25, 0.3) is 0 Å². The van der Waals surface area contributed by atoms with Crippen molar-refractivity contribution in [3.63, 3.8) is 0 Å². The first-order valence-corrected chi connectivity index (χ1v) is 18.8. The van der Waals surface area contributed by atoms with E-state index in [1.165, 1.54) is 30.2 Å². The molecule has 6 rings (SSSR count). The Balaban J connectivity index is 0.000000203. The molecule has 10 heteroatoms. The summed E-state index contributed by atoms with van der Waals surface area (Å²) in [5, 5.41) is 2.95. The maximum atomic E-state index is 11.6. The lowest BCUT2D eigenvalue weighted by Gasteiger charge is -2.06. The van der Waals surface area contributed by atoms with E-state index in [-0.39, 0.29) is 4.90 Å². The molecule has 5 aromatic carbocycles. The largest absolute Gasteiger partial charge is 0.465 e. The lowest BCUT2D eigenvalue weighted by atomic mass is 10.3. The summed E-state index contributed by atoms with van der Waals surface area (Å²) >= 11 is 1.58. The minimum absolute atomic E-state index is 0.236.